The van der Waals surface area contributed by atoms with Gasteiger partial charge >= 0.3 is 0 Å². The van der Waals surface area contributed by atoms with Gasteiger partial charge in [-0.05, 0) is 42.1 Å². The van der Waals surface area contributed by atoms with Crippen molar-refractivity contribution in [1.29, 1.82) is 0 Å². The summed E-state index contributed by atoms with van der Waals surface area (Å²) < 4.78 is 7.09. The SMILES string of the molecule is Cc1ccnc(NC(=O)c2oc3ccccc3c2CSc2cccs2)c1. The highest BCUT2D eigenvalue weighted by Crippen LogP contribution is 2.34. The summed E-state index contributed by atoms with van der Waals surface area (Å²) in [6.45, 7) is 1.96. The Kier molecular flexibility index (Phi) is 4.77. The highest BCUT2D eigenvalue weighted by Gasteiger charge is 2.21. The topological polar surface area (TPSA) is 55.1 Å². The van der Waals surface area contributed by atoms with E-state index >= 15 is 0 Å². The third-order valence-electron chi connectivity index (χ3n) is 3.92. The second-order valence-electron chi connectivity index (χ2n) is 5.80. The molecule has 3 aromatic heterocycles. The van der Waals surface area contributed by atoms with Crippen LogP contribution in [0.15, 0.2) is 68.7 Å². The zero-order valence-corrected chi connectivity index (χ0v) is 15.7. The number of thioether (sulfide) groups is 1. The number of aromatic nitrogens is 1. The van der Waals surface area contributed by atoms with Gasteiger partial charge in [0.25, 0.3) is 5.91 Å². The number of carbonyl (C=O) groups is 1. The maximum absolute atomic E-state index is 12.8. The van der Waals surface area contributed by atoms with Crippen molar-refractivity contribution >= 4 is 45.8 Å². The molecule has 26 heavy (non-hydrogen) atoms. The Morgan fingerprint density at radius 1 is 1.23 bits per heavy atom. The molecule has 0 saturated heterocycles. The van der Waals surface area contributed by atoms with Crippen molar-refractivity contribution in [2.24, 2.45) is 0 Å². The fraction of sp³-hybridized carbons (Fsp3) is 0.100. The molecular formula is C20H16N2O2S2. The molecule has 0 spiro atoms. The van der Waals surface area contributed by atoms with Crippen molar-refractivity contribution in [2.45, 2.75) is 16.9 Å². The van der Waals surface area contributed by atoms with E-state index in [1.807, 2.05) is 54.8 Å². The van der Waals surface area contributed by atoms with E-state index in [1.165, 1.54) is 4.21 Å². The second kappa shape index (κ2) is 7.35. The molecule has 4 nitrogen and oxygen atoms in total. The summed E-state index contributed by atoms with van der Waals surface area (Å²) >= 11 is 3.39. The number of nitrogens with zero attached hydrogens (tertiary/aromatic N) is 1. The van der Waals surface area contributed by atoms with Gasteiger partial charge in [-0.2, -0.15) is 0 Å². The number of carbonyl (C=O) groups excluding carboxylic acids is 1. The van der Waals surface area contributed by atoms with Crippen LogP contribution in [0.25, 0.3) is 11.0 Å². The van der Waals surface area contributed by atoms with Crippen LogP contribution in [0.5, 0.6) is 0 Å². The van der Waals surface area contributed by atoms with Crippen LogP contribution in [-0.2, 0) is 5.75 Å². The van der Waals surface area contributed by atoms with Crippen molar-refractivity contribution in [1.82, 2.24) is 4.98 Å². The van der Waals surface area contributed by atoms with E-state index in [9.17, 15) is 4.79 Å². The predicted molar refractivity (Wildman–Crippen MR) is 107 cm³/mol. The first-order valence-electron chi connectivity index (χ1n) is 8.11. The summed E-state index contributed by atoms with van der Waals surface area (Å²) in [6, 6.07) is 15.6. The standard InChI is InChI=1S/C20H16N2O2S2/c1-13-8-9-21-17(11-13)22-20(23)19-15(12-26-18-7-4-10-25-18)14-5-2-3-6-16(14)24-19/h2-11H,12H2,1H3,(H,21,22,23). The molecular weight excluding hydrogens is 364 g/mol. The quantitative estimate of drug-likeness (QED) is 0.448. The molecule has 6 heteroatoms. The Balaban J connectivity index is 1.66. The Hall–Kier alpha value is -2.57. The molecule has 0 aliphatic rings. The van der Waals surface area contributed by atoms with E-state index in [0.29, 0.717) is 17.3 Å². The number of amides is 1. The molecule has 130 valence electrons. The van der Waals surface area contributed by atoms with Gasteiger partial charge in [0.1, 0.15) is 11.4 Å². The Morgan fingerprint density at radius 2 is 2.12 bits per heavy atom. The van der Waals surface area contributed by atoms with Crippen LogP contribution in [0.1, 0.15) is 21.7 Å². The molecule has 1 N–H and O–H groups in total. The second-order valence-corrected chi connectivity index (χ2v) is 8.02. The molecule has 0 radical (unpaired) electrons. The predicted octanol–water partition coefficient (Wildman–Crippen LogP) is 5.74. The van der Waals surface area contributed by atoms with Crippen molar-refractivity contribution in [3.05, 3.63) is 77.0 Å². The van der Waals surface area contributed by atoms with Gasteiger partial charge in [-0.3, -0.25) is 4.79 Å². The van der Waals surface area contributed by atoms with Crippen LogP contribution in [-0.4, -0.2) is 10.9 Å². The maximum atomic E-state index is 12.8. The molecule has 0 aliphatic carbocycles. The van der Waals surface area contributed by atoms with Crippen LogP contribution in [0.2, 0.25) is 0 Å². The van der Waals surface area contributed by atoms with Gasteiger partial charge in [-0.1, -0.05) is 24.3 Å². The van der Waals surface area contributed by atoms with Gasteiger partial charge in [0, 0.05) is 22.9 Å². The van der Waals surface area contributed by atoms with Crippen LogP contribution >= 0.6 is 23.1 Å². The van der Waals surface area contributed by atoms with Crippen molar-refractivity contribution in [3.8, 4) is 0 Å². The highest BCUT2D eigenvalue weighted by molar-refractivity contribution is 8.00. The fourth-order valence-corrected chi connectivity index (χ4v) is 4.50. The van der Waals surface area contributed by atoms with Crippen LogP contribution in [0.4, 0.5) is 5.82 Å². The van der Waals surface area contributed by atoms with Crippen molar-refractivity contribution in [3.63, 3.8) is 0 Å². The summed E-state index contributed by atoms with van der Waals surface area (Å²) in [7, 11) is 0. The number of pyridine rings is 1. The molecule has 1 aromatic carbocycles. The van der Waals surface area contributed by atoms with Gasteiger partial charge in [0.05, 0.1) is 4.21 Å². The minimum atomic E-state index is -0.277. The summed E-state index contributed by atoms with van der Waals surface area (Å²) in [5.74, 6) is 1.26. The smallest absolute Gasteiger partial charge is 0.292 e. The van der Waals surface area contributed by atoms with E-state index < -0.39 is 0 Å². The fourth-order valence-electron chi connectivity index (χ4n) is 2.69. The summed E-state index contributed by atoms with van der Waals surface area (Å²) in [4.78, 5) is 17.0. The summed E-state index contributed by atoms with van der Waals surface area (Å²) in [5, 5.41) is 5.86. The lowest BCUT2D eigenvalue weighted by atomic mass is 10.1. The van der Waals surface area contributed by atoms with Crippen LogP contribution < -0.4 is 5.32 Å². The number of furan rings is 1. The third-order valence-corrected chi connectivity index (χ3v) is 6.07. The molecule has 0 bridgehead atoms. The Bertz CT molecular complexity index is 1050. The van der Waals surface area contributed by atoms with E-state index in [-0.39, 0.29) is 5.91 Å². The van der Waals surface area contributed by atoms with Crippen molar-refractivity contribution in [2.75, 3.05) is 5.32 Å². The molecule has 4 rings (SSSR count). The number of para-hydroxylation sites is 1. The maximum Gasteiger partial charge on any atom is 0.292 e. The summed E-state index contributed by atoms with van der Waals surface area (Å²) in [6.07, 6.45) is 1.68. The lowest BCUT2D eigenvalue weighted by Crippen LogP contribution is -2.13. The first kappa shape index (κ1) is 16.9. The number of benzene rings is 1. The molecule has 1 amide bonds. The highest BCUT2D eigenvalue weighted by atomic mass is 32.2. The Labute approximate surface area is 159 Å². The first-order chi connectivity index (χ1) is 12.7. The number of anilines is 1. The largest absolute Gasteiger partial charge is 0.451 e. The van der Waals surface area contributed by atoms with Gasteiger partial charge in [-0.15, -0.1) is 23.1 Å². The molecule has 0 fully saturated rings. The minimum absolute atomic E-state index is 0.277. The number of aryl methyl sites for hydroxylation is 1. The molecule has 0 unspecified atom stereocenters. The van der Waals surface area contributed by atoms with E-state index in [2.05, 4.69) is 16.4 Å². The minimum Gasteiger partial charge on any atom is -0.451 e. The zero-order valence-electron chi connectivity index (χ0n) is 14.1. The molecule has 0 atom stereocenters. The average molecular weight is 380 g/mol. The van der Waals surface area contributed by atoms with Crippen molar-refractivity contribution < 1.29 is 9.21 Å². The number of fused-ring (bicyclic) bond motifs is 1. The number of hydrogen-bond acceptors (Lipinski definition) is 5. The summed E-state index contributed by atoms with van der Waals surface area (Å²) in [5.41, 5.74) is 2.66. The van der Waals surface area contributed by atoms with Gasteiger partial charge < -0.3 is 9.73 Å². The van der Waals surface area contributed by atoms with Gasteiger partial charge in [-0.25, -0.2) is 4.98 Å². The number of rotatable bonds is 5. The molecule has 0 aliphatic heterocycles. The normalized spacial score (nSPS) is 11.0. The van der Waals surface area contributed by atoms with Crippen LogP contribution in [0, 0.1) is 6.92 Å². The van der Waals surface area contributed by atoms with E-state index in [0.717, 1.165) is 22.1 Å². The van der Waals surface area contributed by atoms with E-state index in [4.69, 9.17) is 4.42 Å². The number of nitrogens with one attached hydrogen (secondary N) is 1. The van der Waals surface area contributed by atoms with Crippen LogP contribution in [0.3, 0.4) is 0 Å². The third kappa shape index (κ3) is 3.52. The average Bonchev–Trinajstić information content (AvgIpc) is 3.27. The van der Waals surface area contributed by atoms with Gasteiger partial charge in [0.15, 0.2) is 5.76 Å². The zero-order chi connectivity index (χ0) is 17.9. The monoisotopic (exact) mass is 380 g/mol. The molecule has 0 saturated carbocycles. The molecule has 4 aromatic rings. The van der Waals surface area contributed by atoms with E-state index in [1.54, 1.807) is 29.3 Å². The van der Waals surface area contributed by atoms with Gasteiger partial charge in [0.2, 0.25) is 0 Å². The lowest BCUT2D eigenvalue weighted by Gasteiger charge is -2.05. The lowest BCUT2D eigenvalue weighted by molar-refractivity contribution is 0.0997. The first-order valence-corrected chi connectivity index (χ1v) is 9.98. The number of thiophene rings is 1. The Morgan fingerprint density at radius 3 is 2.92 bits per heavy atom. The molecule has 3 heterocycles. The number of hydrogen-bond donors (Lipinski definition) is 1.